The van der Waals surface area contributed by atoms with Crippen molar-refractivity contribution in [3.05, 3.63) is 0 Å². The molecular weight excluding hydrogens is 162 g/mol. The summed E-state index contributed by atoms with van der Waals surface area (Å²) in [5.74, 6) is 0.906. The number of rotatable bonds is 3. The fourth-order valence-electron chi connectivity index (χ4n) is 2.10. The van der Waals surface area contributed by atoms with E-state index in [0.717, 1.165) is 13.0 Å². The maximum atomic E-state index is 11.3. The zero-order chi connectivity index (χ0) is 9.52. The summed E-state index contributed by atoms with van der Waals surface area (Å²) in [5.41, 5.74) is 0. The molecule has 2 heteroatoms. The third-order valence-electron chi connectivity index (χ3n) is 2.82. The Balaban J connectivity index is 2.21. The highest BCUT2D eigenvalue weighted by Crippen LogP contribution is 2.25. The molecule has 0 aromatic rings. The number of carbonyl (C=O) groups is 1. The summed E-state index contributed by atoms with van der Waals surface area (Å²) in [7, 11) is 0. The number of hydrogen-bond acceptors (Lipinski definition) is 1. The Morgan fingerprint density at radius 2 is 1.85 bits per heavy atom. The smallest absolute Gasteiger partial charge is 0.220 e. The van der Waals surface area contributed by atoms with Gasteiger partial charge in [0.15, 0.2) is 0 Å². The molecule has 2 nitrogen and oxygen atoms in total. The SMILES string of the molecule is CCNC(=O)CC1CCCCCC1. The van der Waals surface area contributed by atoms with Gasteiger partial charge in [-0.05, 0) is 25.7 Å². The van der Waals surface area contributed by atoms with Crippen molar-refractivity contribution in [2.24, 2.45) is 5.92 Å². The van der Waals surface area contributed by atoms with E-state index in [1.54, 1.807) is 0 Å². The summed E-state index contributed by atoms with van der Waals surface area (Å²) in [6.45, 7) is 2.75. The predicted octanol–water partition coefficient (Wildman–Crippen LogP) is 2.48. The van der Waals surface area contributed by atoms with E-state index in [2.05, 4.69) is 5.32 Å². The molecule has 0 heterocycles. The molecule has 13 heavy (non-hydrogen) atoms. The van der Waals surface area contributed by atoms with Gasteiger partial charge in [-0.3, -0.25) is 4.79 Å². The zero-order valence-electron chi connectivity index (χ0n) is 8.64. The average Bonchev–Trinajstić information content (AvgIpc) is 2.33. The highest BCUT2D eigenvalue weighted by molar-refractivity contribution is 5.76. The van der Waals surface area contributed by atoms with Gasteiger partial charge in [0, 0.05) is 13.0 Å². The van der Waals surface area contributed by atoms with Crippen LogP contribution in [0.15, 0.2) is 0 Å². The maximum Gasteiger partial charge on any atom is 0.220 e. The molecule has 0 unspecified atom stereocenters. The lowest BCUT2D eigenvalue weighted by Crippen LogP contribution is -2.24. The van der Waals surface area contributed by atoms with Crippen LogP contribution in [0.3, 0.4) is 0 Å². The molecule has 0 radical (unpaired) electrons. The van der Waals surface area contributed by atoms with Crippen molar-refractivity contribution in [2.75, 3.05) is 6.54 Å². The second-order valence-corrected chi connectivity index (χ2v) is 4.02. The van der Waals surface area contributed by atoms with Gasteiger partial charge >= 0.3 is 0 Å². The molecule has 76 valence electrons. The summed E-state index contributed by atoms with van der Waals surface area (Å²) in [6.07, 6.45) is 8.66. The van der Waals surface area contributed by atoms with Crippen LogP contribution in [-0.2, 0) is 4.79 Å². The van der Waals surface area contributed by atoms with Crippen LogP contribution in [0.4, 0.5) is 0 Å². The van der Waals surface area contributed by atoms with Gasteiger partial charge in [-0.15, -0.1) is 0 Å². The molecule has 0 aliphatic heterocycles. The molecule has 0 atom stereocenters. The standard InChI is InChI=1S/C11H21NO/c1-2-12-11(13)9-10-7-5-3-4-6-8-10/h10H,2-9H2,1H3,(H,12,13). The summed E-state index contributed by atoms with van der Waals surface area (Å²) in [6, 6.07) is 0. The van der Waals surface area contributed by atoms with Crippen LogP contribution in [0.2, 0.25) is 0 Å². The Morgan fingerprint density at radius 3 is 2.38 bits per heavy atom. The zero-order valence-corrected chi connectivity index (χ0v) is 8.64. The van der Waals surface area contributed by atoms with Crippen LogP contribution in [0.25, 0.3) is 0 Å². The van der Waals surface area contributed by atoms with Gasteiger partial charge in [0.05, 0.1) is 0 Å². The first kappa shape index (κ1) is 10.6. The average molecular weight is 183 g/mol. The van der Waals surface area contributed by atoms with Gasteiger partial charge in [-0.2, -0.15) is 0 Å². The minimum Gasteiger partial charge on any atom is -0.356 e. The fraction of sp³-hybridized carbons (Fsp3) is 0.909. The largest absolute Gasteiger partial charge is 0.356 e. The van der Waals surface area contributed by atoms with E-state index in [9.17, 15) is 4.79 Å². The number of hydrogen-bond donors (Lipinski definition) is 1. The molecule has 0 saturated heterocycles. The van der Waals surface area contributed by atoms with Crippen LogP contribution in [0.5, 0.6) is 0 Å². The Bertz CT molecular complexity index is 148. The molecule has 1 aliphatic carbocycles. The number of nitrogens with one attached hydrogen (secondary N) is 1. The van der Waals surface area contributed by atoms with E-state index in [-0.39, 0.29) is 5.91 Å². The lowest BCUT2D eigenvalue weighted by molar-refractivity contribution is -0.122. The molecule has 0 bridgehead atoms. The molecule has 0 aromatic carbocycles. The van der Waals surface area contributed by atoms with Crippen LogP contribution >= 0.6 is 0 Å². The highest BCUT2D eigenvalue weighted by Gasteiger charge is 2.15. The number of amides is 1. The van der Waals surface area contributed by atoms with E-state index in [1.807, 2.05) is 6.92 Å². The van der Waals surface area contributed by atoms with Gasteiger partial charge in [0.25, 0.3) is 0 Å². The van der Waals surface area contributed by atoms with Gasteiger partial charge in [0.1, 0.15) is 0 Å². The van der Waals surface area contributed by atoms with Gasteiger partial charge in [-0.1, -0.05) is 25.7 Å². The summed E-state index contributed by atoms with van der Waals surface area (Å²) in [4.78, 5) is 11.3. The Labute approximate surface area is 81.1 Å². The molecule has 0 aromatic heterocycles. The molecular formula is C11H21NO. The van der Waals surface area contributed by atoms with E-state index in [4.69, 9.17) is 0 Å². The molecule has 1 amide bonds. The Morgan fingerprint density at radius 1 is 1.23 bits per heavy atom. The lowest BCUT2D eigenvalue weighted by atomic mass is 9.96. The highest BCUT2D eigenvalue weighted by atomic mass is 16.1. The third kappa shape index (κ3) is 4.30. The Kier molecular flexibility index (Phi) is 4.87. The van der Waals surface area contributed by atoms with Crippen LogP contribution in [0.1, 0.15) is 51.9 Å². The van der Waals surface area contributed by atoms with Crippen molar-refractivity contribution in [3.8, 4) is 0 Å². The first-order chi connectivity index (χ1) is 6.33. The van der Waals surface area contributed by atoms with E-state index >= 15 is 0 Å². The van der Waals surface area contributed by atoms with E-state index < -0.39 is 0 Å². The minimum atomic E-state index is 0.245. The molecule has 1 fully saturated rings. The monoisotopic (exact) mass is 183 g/mol. The van der Waals surface area contributed by atoms with Crippen molar-refractivity contribution in [1.82, 2.24) is 5.32 Å². The van der Waals surface area contributed by atoms with Crippen LogP contribution in [0, 0.1) is 5.92 Å². The maximum absolute atomic E-state index is 11.3. The molecule has 0 spiro atoms. The van der Waals surface area contributed by atoms with Crippen molar-refractivity contribution >= 4 is 5.91 Å². The van der Waals surface area contributed by atoms with Crippen LogP contribution in [-0.4, -0.2) is 12.5 Å². The van der Waals surface area contributed by atoms with Crippen molar-refractivity contribution in [2.45, 2.75) is 51.9 Å². The topological polar surface area (TPSA) is 29.1 Å². The molecule has 1 aliphatic rings. The molecule has 1 rings (SSSR count). The summed E-state index contributed by atoms with van der Waals surface area (Å²) in [5, 5.41) is 2.87. The van der Waals surface area contributed by atoms with Crippen molar-refractivity contribution < 1.29 is 4.79 Å². The van der Waals surface area contributed by atoms with Gasteiger partial charge in [0.2, 0.25) is 5.91 Å². The second kappa shape index (κ2) is 6.01. The van der Waals surface area contributed by atoms with Crippen molar-refractivity contribution in [3.63, 3.8) is 0 Å². The lowest BCUT2D eigenvalue weighted by Gasteiger charge is -2.12. The van der Waals surface area contributed by atoms with Gasteiger partial charge in [-0.25, -0.2) is 0 Å². The second-order valence-electron chi connectivity index (χ2n) is 4.02. The predicted molar refractivity (Wildman–Crippen MR) is 54.5 cm³/mol. The van der Waals surface area contributed by atoms with E-state index in [0.29, 0.717) is 5.92 Å². The molecule has 1 N–H and O–H groups in total. The van der Waals surface area contributed by atoms with Crippen LogP contribution < -0.4 is 5.32 Å². The first-order valence-electron chi connectivity index (χ1n) is 5.59. The normalized spacial score (nSPS) is 19.5. The first-order valence-corrected chi connectivity index (χ1v) is 5.59. The minimum absolute atomic E-state index is 0.245. The quantitative estimate of drug-likeness (QED) is 0.669. The third-order valence-corrected chi connectivity index (χ3v) is 2.82. The summed E-state index contributed by atoms with van der Waals surface area (Å²) < 4.78 is 0. The van der Waals surface area contributed by atoms with E-state index in [1.165, 1.54) is 38.5 Å². The fourth-order valence-corrected chi connectivity index (χ4v) is 2.10. The number of carbonyl (C=O) groups excluding carboxylic acids is 1. The summed E-state index contributed by atoms with van der Waals surface area (Å²) >= 11 is 0. The van der Waals surface area contributed by atoms with Gasteiger partial charge < -0.3 is 5.32 Å². The molecule has 1 saturated carbocycles. The van der Waals surface area contributed by atoms with Crippen molar-refractivity contribution in [1.29, 1.82) is 0 Å². The Hall–Kier alpha value is -0.530.